The Morgan fingerprint density at radius 1 is 1.14 bits per heavy atom. The molecule has 2 aromatic carbocycles. The Bertz CT molecular complexity index is 1050. The number of hydrogen-bond donors (Lipinski definition) is 2. The van der Waals surface area contributed by atoms with Crippen molar-refractivity contribution in [3.8, 4) is 11.3 Å². The van der Waals surface area contributed by atoms with Gasteiger partial charge in [0.25, 0.3) is 5.56 Å². The number of aromatic nitrogens is 2. The third-order valence-electron chi connectivity index (χ3n) is 4.37. The summed E-state index contributed by atoms with van der Waals surface area (Å²) in [5.41, 5.74) is 2.45. The molecule has 3 aromatic rings. The van der Waals surface area contributed by atoms with Crippen molar-refractivity contribution in [3.05, 3.63) is 81.2 Å². The van der Waals surface area contributed by atoms with Gasteiger partial charge in [0, 0.05) is 12.1 Å². The second-order valence-corrected chi connectivity index (χ2v) is 6.72. The summed E-state index contributed by atoms with van der Waals surface area (Å²) in [6.07, 6.45) is 0.693. The zero-order valence-corrected chi connectivity index (χ0v) is 16.1. The fraction of sp³-hybridized carbons (Fsp3) is 0.190. The van der Waals surface area contributed by atoms with Crippen LogP contribution in [0.1, 0.15) is 11.1 Å². The van der Waals surface area contributed by atoms with Crippen molar-refractivity contribution in [2.45, 2.75) is 19.9 Å². The van der Waals surface area contributed by atoms with Crippen LogP contribution in [0.2, 0.25) is 5.15 Å². The lowest BCUT2D eigenvalue weighted by Crippen LogP contribution is -2.30. The maximum Gasteiger partial charge on any atom is 0.323 e. The molecule has 0 saturated carbocycles. The van der Waals surface area contributed by atoms with Crippen molar-refractivity contribution in [3.63, 3.8) is 0 Å². The minimum Gasteiger partial charge on any atom is -0.480 e. The molecule has 28 heavy (non-hydrogen) atoms. The molecular weight excluding hydrogens is 378 g/mol. The lowest BCUT2D eigenvalue weighted by molar-refractivity contribution is -0.137. The van der Waals surface area contributed by atoms with Gasteiger partial charge in [-0.15, -0.1) is 0 Å². The molecule has 2 N–H and O–H groups in total. The molecule has 1 aromatic heterocycles. The van der Waals surface area contributed by atoms with Gasteiger partial charge in [-0.2, -0.15) is 0 Å². The van der Waals surface area contributed by atoms with E-state index in [0.29, 0.717) is 24.2 Å². The highest BCUT2D eigenvalue weighted by Crippen LogP contribution is 2.28. The summed E-state index contributed by atoms with van der Waals surface area (Å²) in [4.78, 5) is 28.5. The molecule has 0 amide bonds. The van der Waals surface area contributed by atoms with E-state index >= 15 is 0 Å². The van der Waals surface area contributed by atoms with Crippen molar-refractivity contribution in [2.24, 2.45) is 0 Å². The third-order valence-corrected chi connectivity index (χ3v) is 4.63. The van der Waals surface area contributed by atoms with Crippen LogP contribution in [0.3, 0.4) is 0 Å². The average molecular weight is 398 g/mol. The van der Waals surface area contributed by atoms with Gasteiger partial charge in [0.05, 0.1) is 5.69 Å². The fourth-order valence-corrected chi connectivity index (χ4v) is 3.29. The largest absolute Gasteiger partial charge is 0.480 e. The molecule has 0 aliphatic carbocycles. The first-order valence-corrected chi connectivity index (χ1v) is 9.21. The number of rotatable bonds is 7. The molecule has 0 spiro atoms. The van der Waals surface area contributed by atoms with Crippen LogP contribution in [0.4, 0.5) is 5.82 Å². The summed E-state index contributed by atoms with van der Waals surface area (Å²) in [5, 5.41) is 12.4. The summed E-state index contributed by atoms with van der Waals surface area (Å²) >= 11 is 6.39. The van der Waals surface area contributed by atoms with Gasteiger partial charge < -0.3 is 10.4 Å². The Balaban J connectivity index is 1.97. The normalized spacial score (nSPS) is 10.6. The van der Waals surface area contributed by atoms with E-state index in [9.17, 15) is 14.7 Å². The van der Waals surface area contributed by atoms with Gasteiger partial charge in [-0.25, -0.2) is 4.98 Å². The van der Waals surface area contributed by atoms with Crippen LogP contribution < -0.4 is 10.9 Å². The average Bonchev–Trinajstić information content (AvgIpc) is 2.67. The van der Waals surface area contributed by atoms with Gasteiger partial charge >= 0.3 is 5.97 Å². The molecule has 0 bridgehead atoms. The minimum absolute atomic E-state index is 0.0412. The number of carbonyl (C=O) groups is 1. The van der Waals surface area contributed by atoms with E-state index in [0.717, 1.165) is 15.7 Å². The SMILES string of the molecule is Cc1ccccc1-c1c(Cl)nc(NCCc2ccccc2)c(=O)n1CC(=O)O. The molecule has 0 saturated heterocycles. The number of benzene rings is 2. The molecular formula is C21H20ClN3O3. The number of anilines is 1. The van der Waals surface area contributed by atoms with Gasteiger partial charge in [0.1, 0.15) is 6.54 Å². The molecule has 3 rings (SSSR count). The van der Waals surface area contributed by atoms with Crippen molar-refractivity contribution < 1.29 is 9.90 Å². The van der Waals surface area contributed by atoms with Crippen LogP contribution in [0.15, 0.2) is 59.4 Å². The van der Waals surface area contributed by atoms with Gasteiger partial charge in [-0.1, -0.05) is 66.2 Å². The first-order valence-electron chi connectivity index (χ1n) is 8.83. The van der Waals surface area contributed by atoms with E-state index in [-0.39, 0.29) is 11.0 Å². The monoisotopic (exact) mass is 397 g/mol. The molecule has 7 heteroatoms. The van der Waals surface area contributed by atoms with Crippen LogP contribution in [-0.2, 0) is 17.8 Å². The van der Waals surface area contributed by atoms with Crippen molar-refractivity contribution >= 4 is 23.4 Å². The van der Waals surface area contributed by atoms with E-state index in [2.05, 4.69) is 10.3 Å². The van der Waals surface area contributed by atoms with Crippen molar-refractivity contribution in [1.82, 2.24) is 9.55 Å². The summed E-state index contributed by atoms with van der Waals surface area (Å²) in [6, 6.07) is 17.1. The molecule has 0 unspecified atom stereocenters. The molecule has 0 aliphatic heterocycles. The zero-order valence-electron chi connectivity index (χ0n) is 15.4. The van der Waals surface area contributed by atoms with Crippen LogP contribution in [-0.4, -0.2) is 27.2 Å². The van der Waals surface area contributed by atoms with E-state index < -0.39 is 18.1 Å². The first-order chi connectivity index (χ1) is 13.5. The van der Waals surface area contributed by atoms with Gasteiger partial charge in [-0.3, -0.25) is 14.2 Å². The molecule has 0 atom stereocenters. The summed E-state index contributed by atoms with van der Waals surface area (Å²) < 4.78 is 1.16. The number of halogens is 1. The molecule has 0 aliphatic rings. The van der Waals surface area contributed by atoms with Crippen LogP contribution in [0, 0.1) is 6.92 Å². The van der Waals surface area contributed by atoms with E-state index in [1.54, 1.807) is 12.1 Å². The highest BCUT2D eigenvalue weighted by molar-refractivity contribution is 6.32. The second-order valence-electron chi connectivity index (χ2n) is 6.36. The number of aliphatic carboxylic acids is 1. The van der Waals surface area contributed by atoms with Gasteiger partial charge in [0.15, 0.2) is 11.0 Å². The second kappa shape index (κ2) is 8.71. The van der Waals surface area contributed by atoms with Crippen LogP contribution >= 0.6 is 11.6 Å². The number of aryl methyl sites for hydroxylation is 1. The molecule has 1 heterocycles. The smallest absolute Gasteiger partial charge is 0.323 e. The Morgan fingerprint density at radius 2 is 1.82 bits per heavy atom. The Hall–Kier alpha value is -3.12. The van der Waals surface area contributed by atoms with E-state index in [1.807, 2.05) is 49.4 Å². The summed E-state index contributed by atoms with van der Waals surface area (Å²) in [6.45, 7) is 1.84. The fourth-order valence-electron chi connectivity index (χ4n) is 3.01. The highest BCUT2D eigenvalue weighted by Gasteiger charge is 2.19. The quantitative estimate of drug-likeness (QED) is 0.636. The maximum atomic E-state index is 12.9. The Morgan fingerprint density at radius 3 is 2.50 bits per heavy atom. The minimum atomic E-state index is -1.13. The maximum absolute atomic E-state index is 12.9. The molecule has 0 fully saturated rings. The van der Waals surface area contributed by atoms with Crippen LogP contribution in [0.5, 0.6) is 0 Å². The topological polar surface area (TPSA) is 84.2 Å². The van der Waals surface area contributed by atoms with Crippen LogP contribution in [0.25, 0.3) is 11.3 Å². The predicted molar refractivity (Wildman–Crippen MR) is 110 cm³/mol. The standard InChI is InChI=1S/C21H20ClN3O3/c1-14-7-5-6-10-16(14)18-19(22)24-20(21(28)25(18)13-17(26)27)23-12-11-15-8-3-2-4-9-15/h2-10H,11-13H2,1H3,(H,23,24)(H,26,27). The molecule has 6 nitrogen and oxygen atoms in total. The predicted octanol–water partition coefficient (Wildman–Crippen LogP) is 3.61. The van der Waals surface area contributed by atoms with Gasteiger partial charge in [-0.05, 0) is 24.5 Å². The number of nitrogens with zero attached hydrogens (tertiary/aromatic N) is 2. The number of carboxylic acid groups (broad SMARTS) is 1. The van der Waals surface area contributed by atoms with Gasteiger partial charge in [0.2, 0.25) is 0 Å². The number of carboxylic acids is 1. The van der Waals surface area contributed by atoms with E-state index in [1.165, 1.54) is 0 Å². The highest BCUT2D eigenvalue weighted by atomic mass is 35.5. The third kappa shape index (κ3) is 4.40. The Kier molecular flexibility index (Phi) is 6.11. The lowest BCUT2D eigenvalue weighted by Gasteiger charge is -2.16. The lowest BCUT2D eigenvalue weighted by atomic mass is 10.1. The number of nitrogens with one attached hydrogen (secondary N) is 1. The van der Waals surface area contributed by atoms with Crippen molar-refractivity contribution in [2.75, 3.05) is 11.9 Å². The summed E-state index contributed by atoms with van der Waals surface area (Å²) in [7, 11) is 0. The first kappa shape index (κ1) is 19.6. The van der Waals surface area contributed by atoms with E-state index in [4.69, 9.17) is 11.6 Å². The Labute approximate surface area is 167 Å². The molecule has 144 valence electrons. The molecule has 0 radical (unpaired) electrons. The zero-order chi connectivity index (χ0) is 20.1. The summed E-state index contributed by atoms with van der Waals surface area (Å²) in [5.74, 6) is -1.09. The number of hydrogen-bond acceptors (Lipinski definition) is 4. The van der Waals surface area contributed by atoms with Crippen molar-refractivity contribution in [1.29, 1.82) is 0 Å².